The summed E-state index contributed by atoms with van der Waals surface area (Å²) in [6.45, 7) is 7.67. The van der Waals surface area contributed by atoms with Crippen molar-refractivity contribution in [2.24, 2.45) is 0 Å². The first kappa shape index (κ1) is 36.0. The lowest BCUT2D eigenvalue weighted by molar-refractivity contribution is -0.140. The number of nitrogens with one attached hydrogen (secondary N) is 1. The van der Waals surface area contributed by atoms with E-state index in [2.05, 4.69) is 5.32 Å². The molecule has 9 nitrogen and oxygen atoms in total. The van der Waals surface area contributed by atoms with Crippen molar-refractivity contribution in [1.82, 2.24) is 10.2 Å². The quantitative estimate of drug-likeness (QED) is 0.167. The summed E-state index contributed by atoms with van der Waals surface area (Å²) in [5.41, 5.74) is 4.71. The van der Waals surface area contributed by atoms with E-state index >= 15 is 0 Å². The number of nitrogens with zero attached hydrogens (tertiary/aromatic N) is 2. The molecule has 0 heterocycles. The van der Waals surface area contributed by atoms with Gasteiger partial charge in [0.05, 0.1) is 24.8 Å². The molecule has 0 aliphatic rings. The van der Waals surface area contributed by atoms with Crippen LogP contribution in [0.2, 0.25) is 0 Å². The normalized spacial score (nSPS) is 11.8. The van der Waals surface area contributed by atoms with Crippen LogP contribution < -0.4 is 19.1 Å². The SMILES string of the molecule is CCCNC(=O)[C@H](Cc1ccccc1)N(Cc1cccc(C)c1)C(=O)CN(c1cc(C)cc(C)c1)S(=O)(=O)c1ccc(OC)c(OC)c1. The molecule has 4 aromatic rings. The molecule has 0 saturated carbocycles. The zero-order valence-electron chi connectivity index (χ0n) is 28.5. The van der Waals surface area contributed by atoms with Crippen molar-refractivity contribution in [2.45, 2.75) is 58.0 Å². The molecule has 4 aromatic carbocycles. The number of rotatable bonds is 15. The second kappa shape index (κ2) is 16.3. The Hall–Kier alpha value is -4.83. The summed E-state index contributed by atoms with van der Waals surface area (Å²) >= 11 is 0. The number of hydrogen-bond acceptors (Lipinski definition) is 6. The summed E-state index contributed by atoms with van der Waals surface area (Å²) in [5.74, 6) is -0.215. The van der Waals surface area contributed by atoms with Gasteiger partial charge in [0.2, 0.25) is 11.8 Å². The molecule has 0 spiro atoms. The third-order valence-electron chi connectivity index (χ3n) is 7.97. The first-order chi connectivity index (χ1) is 23.0. The Labute approximate surface area is 284 Å². The van der Waals surface area contributed by atoms with Gasteiger partial charge in [-0.15, -0.1) is 0 Å². The molecule has 4 rings (SSSR count). The van der Waals surface area contributed by atoms with Gasteiger partial charge in [0.1, 0.15) is 12.6 Å². The lowest BCUT2D eigenvalue weighted by Crippen LogP contribution is -2.53. The van der Waals surface area contributed by atoms with Gasteiger partial charge in [-0.05, 0) is 73.7 Å². The zero-order chi connectivity index (χ0) is 34.8. The lowest BCUT2D eigenvalue weighted by Gasteiger charge is -2.34. The Balaban J connectivity index is 1.85. The molecule has 48 heavy (non-hydrogen) atoms. The summed E-state index contributed by atoms with van der Waals surface area (Å²) in [5, 5.41) is 2.97. The molecule has 1 N–H and O–H groups in total. The highest BCUT2D eigenvalue weighted by atomic mass is 32.2. The summed E-state index contributed by atoms with van der Waals surface area (Å²) in [4.78, 5) is 30.0. The number of amides is 2. The number of benzene rings is 4. The molecule has 0 aliphatic heterocycles. The second-order valence-electron chi connectivity index (χ2n) is 11.9. The monoisotopic (exact) mass is 671 g/mol. The Morgan fingerprint density at radius 2 is 1.44 bits per heavy atom. The van der Waals surface area contributed by atoms with Gasteiger partial charge in [0, 0.05) is 25.6 Å². The number of methoxy groups -OCH3 is 2. The Morgan fingerprint density at radius 1 is 0.771 bits per heavy atom. The van der Waals surface area contributed by atoms with Crippen LogP contribution in [-0.2, 0) is 32.6 Å². The van der Waals surface area contributed by atoms with Crippen LogP contribution in [0.1, 0.15) is 41.2 Å². The van der Waals surface area contributed by atoms with Gasteiger partial charge < -0.3 is 19.7 Å². The van der Waals surface area contributed by atoms with Crippen molar-refractivity contribution >= 4 is 27.5 Å². The molecule has 0 bridgehead atoms. The van der Waals surface area contributed by atoms with Crippen molar-refractivity contribution in [2.75, 3.05) is 31.6 Å². The maximum atomic E-state index is 14.7. The summed E-state index contributed by atoms with van der Waals surface area (Å²) in [6.07, 6.45) is 0.972. The Bertz CT molecular complexity index is 1810. The van der Waals surface area contributed by atoms with Crippen LogP contribution in [0.5, 0.6) is 11.5 Å². The summed E-state index contributed by atoms with van der Waals surface area (Å²) in [6, 6.07) is 26.1. The van der Waals surface area contributed by atoms with Crippen molar-refractivity contribution in [3.05, 3.63) is 119 Å². The number of anilines is 1. The van der Waals surface area contributed by atoms with Gasteiger partial charge in [-0.2, -0.15) is 0 Å². The lowest BCUT2D eigenvalue weighted by atomic mass is 10.0. The van der Waals surface area contributed by atoms with Gasteiger partial charge in [-0.3, -0.25) is 13.9 Å². The number of aryl methyl sites for hydroxylation is 3. The minimum atomic E-state index is -4.32. The van der Waals surface area contributed by atoms with E-state index < -0.39 is 28.5 Å². The zero-order valence-corrected chi connectivity index (χ0v) is 29.3. The molecule has 0 aromatic heterocycles. The largest absolute Gasteiger partial charge is 0.493 e. The highest BCUT2D eigenvalue weighted by Gasteiger charge is 2.35. The minimum absolute atomic E-state index is 0.0705. The fraction of sp³-hybridized carbons (Fsp3) is 0.316. The highest BCUT2D eigenvalue weighted by molar-refractivity contribution is 7.92. The van der Waals surface area contributed by atoms with Gasteiger partial charge >= 0.3 is 0 Å². The molecule has 0 unspecified atom stereocenters. The number of ether oxygens (including phenoxy) is 2. The Morgan fingerprint density at radius 3 is 2.06 bits per heavy atom. The second-order valence-corrected chi connectivity index (χ2v) is 13.7. The maximum Gasteiger partial charge on any atom is 0.264 e. The molecular weight excluding hydrogens is 627 g/mol. The number of sulfonamides is 1. The first-order valence-electron chi connectivity index (χ1n) is 16.0. The van der Waals surface area contributed by atoms with Crippen molar-refractivity contribution in [3.63, 3.8) is 0 Å². The van der Waals surface area contributed by atoms with Crippen LogP contribution in [0.3, 0.4) is 0 Å². The molecule has 2 amide bonds. The molecule has 254 valence electrons. The smallest absolute Gasteiger partial charge is 0.264 e. The standard InChI is InChI=1S/C38H45N3O6S/c1-7-18-39-38(43)34(23-30-13-9-8-10-14-30)40(25-31-15-11-12-27(2)20-31)37(42)26-41(32-21-28(3)19-29(4)22-32)48(44,45)33-16-17-35(46-5)36(24-33)47-6/h8-17,19-22,24,34H,7,18,23,25-26H2,1-6H3,(H,39,43)/t34-/m0/s1. The maximum absolute atomic E-state index is 14.7. The van der Waals surface area contributed by atoms with E-state index in [9.17, 15) is 18.0 Å². The van der Waals surface area contributed by atoms with Crippen LogP contribution >= 0.6 is 0 Å². The summed E-state index contributed by atoms with van der Waals surface area (Å²) < 4.78 is 40.9. The van der Waals surface area contributed by atoms with E-state index in [0.29, 0.717) is 18.0 Å². The number of carbonyl (C=O) groups excluding carboxylic acids is 2. The molecule has 0 aliphatic carbocycles. The molecule has 0 radical (unpaired) electrons. The predicted molar refractivity (Wildman–Crippen MR) is 189 cm³/mol. The van der Waals surface area contributed by atoms with Crippen LogP contribution in [0, 0.1) is 20.8 Å². The van der Waals surface area contributed by atoms with E-state index in [1.165, 1.54) is 37.3 Å². The predicted octanol–water partition coefficient (Wildman–Crippen LogP) is 5.99. The van der Waals surface area contributed by atoms with Gasteiger partial charge in [0.25, 0.3) is 10.0 Å². The minimum Gasteiger partial charge on any atom is -0.493 e. The van der Waals surface area contributed by atoms with Crippen LogP contribution in [0.15, 0.2) is 95.9 Å². The van der Waals surface area contributed by atoms with Crippen molar-refractivity contribution < 1.29 is 27.5 Å². The third kappa shape index (κ3) is 8.95. The Kier molecular flexibility index (Phi) is 12.2. The van der Waals surface area contributed by atoms with Gasteiger partial charge in [-0.25, -0.2) is 8.42 Å². The third-order valence-corrected chi connectivity index (χ3v) is 9.74. The molecule has 1 atom stereocenters. The van der Waals surface area contributed by atoms with E-state index in [1.807, 2.05) is 88.4 Å². The molecule has 10 heteroatoms. The molecule has 0 fully saturated rings. The van der Waals surface area contributed by atoms with Crippen LogP contribution in [0.25, 0.3) is 0 Å². The van der Waals surface area contributed by atoms with Crippen molar-refractivity contribution in [3.8, 4) is 11.5 Å². The van der Waals surface area contributed by atoms with Crippen molar-refractivity contribution in [1.29, 1.82) is 0 Å². The average molecular weight is 672 g/mol. The average Bonchev–Trinajstić information content (AvgIpc) is 3.07. The number of hydrogen-bond donors (Lipinski definition) is 1. The molecule has 0 saturated heterocycles. The van der Waals surface area contributed by atoms with E-state index in [1.54, 1.807) is 12.1 Å². The van der Waals surface area contributed by atoms with E-state index in [-0.39, 0.29) is 29.5 Å². The fourth-order valence-electron chi connectivity index (χ4n) is 5.65. The van der Waals surface area contributed by atoms with E-state index in [4.69, 9.17) is 9.47 Å². The van der Waals surface area contributed by atoms with Gasteiger partial charge in [0.15, 0.2) is 11.5 Å². The fourth-order valence-corrected chi connectivity index (χ4v) is 7.07. The van der Waals surface area contributed by atoms with E-state index in [0.717, 1.165) is 38.5 Å². The molecular formula is C38H45N3O6S. The van der Waals surface area contributed by atoms with Crippen LogP contribution in [0.4, 0.5) is 5.69 Å². The number of carbonyl (C=O) groups is 2. The van der Waals surface area contributed by atoms with Crippen LogP contribution in [-0.4, -0.2) is 58.5 Å². The summed E-state index contributed by atoms with van der Waals surface area (Å²) in [7, 11) is -1.42. The van der Waals surface area contributed by atoms with Gasteiger partial charge in [-0.1, -0.05) is 73.2 Å². The first-order valence-corrected chi connectivity index (χ1v) is 17.4. The topological polar surface area (TPSA) is 105 Å². The highest BCUT2D eigenvalue weighted by Crippen LogP contribution is 2.33.